The molecule has 20 heavy (non-hydrogen) atoms. The van der Waals surface area contributed by atoms with Gasteiger partial charge < -0.3 is 10.8 Å². The van der Waals surface area contributed by atoms with Crippen LogP contribution in [0.5, 0.6) is 0 Å². The SMILES string of the molecule is CN(CCO)Cc1ccc(-c2ccccc2CN)cc1. The van der Waals surface area contributed by atoms with Crippen LogP contribution in [0.1, 0.15) is 11.1 Å². The molecule has 0 aliphatic carbocycles. The lowest BCUT2D eigenvalue weighted by molar-refractivity contribution is 0.217. The quantitative estimate of drug-likeness (QED) is 0.846. The molecule has 0 saturated heterocycles. The number of aliphatic hydroxyl groups is 1. The summed E-state index contributed by atoms with van der Waals surface area (Å²) in [6.45, 7) is 2.28. The van der Waals surface area contributed by atoms with Crippen LogP contribution >= 0.6 is 0 Å². The van der Waals surface area contributed by atoms with Crippen molar-refractivity contribution in [1.82, 2.24) is 4.90 Å². The third kappa shape index (κ3) is 3.67. The van der Waals surface area contributed by atoms with Crippen LogP contribution in [0.3, 0.4) is 0 Å². The Morgan fingerprint density at radius 2 is 1.75 bits per heavy atom. The first-order valence-electron chi connectivity index (χ1n) is 6.91. The van der Waals surface area contributed by atoms with E-state index in [4.69, 9.17) is 10.8 Å². The fourth-order valence-corrected chi connectivity index (χ4v) is 2.33. The van der Waals surface area contributed by atoms with Crippen LogP contribution in [0.2, 0.25) is 0 Å². The summed E-state index contributed by atoms with van der Waals surface area (Å²) in [5, 5.41) is 8.91. The molecule has 0 bridgehead atoms. The average molecular weight is 270 g/mol. The molecule has 0 aliphatic heterocycles. The minimum absolute atomic E-state index is 0.193. The summed E-state index contributed by atoms with van der Waals surface area (Å²) in [5.74, 6) is 0. The van der Waals surface area contributed by atoms with E-state index in [-0.39, 0.29) is 6.61 Å². The number of hydrogen-bond acceptors (Lipinski definition) is 3. The second kappa shape index (κ2) is 7.20. The van der Waals surface area contributed by atoms with E-state index in [2.05, 4.69) is 41.3 Å². The predicted octanol–water partition coefficient (Wildman–Crippen LogP) is 2.24. The fraction of sp³-hybridized carbons (Fsp3) is 0.294. The van der Waals surface area contributed by atoms with E-state index in [1.165, 1.54) is 16.7 Å². The van der Waals surface area contributed by atoms with Gasteiger partial charge in [0, 0.05) is 19.6 Å². The van der Waals surface area contributed by atoms with Gasteiger partial charge >= 0.3 is 0 Å². The van der Waals surface area contributed by atoms with E-state index in [1.807, 2.05) is 19.2 Å². The summed E-state index contributed by atoms with van der Waals surface area (Å²) in [5.41, 5.74) is 10.6. The zero-order chi connectivity index (χ0) is 14.4. The third-order valence-electron chi connectivity index (χ3n) is 3.44. The van der Waals surface area contributed by atoms with Crippen molar-refractivity contribution in [2.45, 2.75) is 13.1 Å². The summed E-state index contributed by atoms with van der Waals surface area (Å²) >= 11 is 0. The Hall–Kier alpha value is -1.68. The Kier molecular flexibility index (Phi) is 5.30. The average Bonchev–Trinajstić information content (AvgIpc) is 2.48. The number of benzene rings is 2. The summed E-state index contributed by atoms with van der Waals surface area (Å²) in [6.07, 6.45) is 0. The molecular formula is C17H22N2O. The van der Waals surface area contributed by atoms with Crippen LogP contribution in [0.15, 0.2) is 48.5 Å². The van der Waals surface area contributed by atoms with Crippen molar-refractivity contribution < 1.29 is 5.11 Å². The standard InChI is InChI=1S/C17H22N2O/c1-19(10-11-20)13-14-6-8-15(9-7-14)17-5-3-2-4-16(17)12-18/h2-9,20H,10-13,18H2,1H3. The van der Waals surface area contributed by atoms with Gasteiger partial charge in [-0.2, -0.15) is 0 Å². The minimum atomic E-state index is 0.193. The molecule has 0 amide bonds. The molecule has 3 heteroatoms. The van der Waals surface area contributed by atoms with E-state index in [0.29, 0.717) is 13.1 Å². The lowest BCUT2D eigenvalue weighted by Gasteiger charge is -2.15. The van der Waals surface area contributed by atoms with Gasteiger partial charge in [0.1, 0.15) is 0 Å². The third-order valence-corrected chi connectivity index (χ3v) is 3.44. The van der Waals surface area contributed by atoms with Gasteiger partial charge in [-0.05, 0) is 29.3 Å². The van der Waals surface area contributed by atoms with Gasteiger partial charge in [-0.15, -0.1) is 0 Å². The molecule has 3 nitrogen and oxygen atoms in total. The Morgan fingerprint density at radius 3 is 2.40 bits per heavy atom. The van der Waals surface area contributed by atoms with Gasteiger partial charge in [-0.3, -0.25) is 4.90 Å². The van der Waals surface area contributed by atoms with Crippen molar-refractivity contribution in [3.63, 3.8) is 0 Å². The molecule has 2 aromatic rings. The molecular weight excluding hydrogens is 248 g/mol. The largest absolute Gasteiger partial charge is 0.395 e. The summed E-state index contributed by atoms with van der Waals surface area (Å²) in [6, 6.07) is 16.8. The second-order valence-corrected chi connectivity index (χ2v) is 5.02. The van der Waals surface area contributed by atoms with Crippen molar-refractivity contribution in [3.8, 4) is 11.1 Å². The van der Waals surface area contributed by atoms with Crippen LogP contribution < -0.4 is 5.73 Å². The van der Waals surface area contributed by atoms with Crippen LogP contribution in [0.25, 0.3) is 11.1 Å². The van der Waals surface area contributed by atoms with Gasteiger partial charge in [0.25, 0.3) is 0 Å². The zero-order valence-electron chi connectivity index (χ0n) is 11.9. The Balaban J connectivity index is 2.15. The molecule has 0 aliphatic rings. The first kappa shape index (κ1) is 14.7. The maximum atomic E-state index is 8.91. The Bertz CT molecular complexity index is 537. The first-order chi connectivity index (χ1) is 9.74. The van der Waals surface area contributed by atoms with E-state index in [0.717, 1.165) is 12.1 Å². The molecule has 0 spiro atoms. The highest BCUT2D eigenvalue weighted by atomic mass is 16.3. The number of hydrogen-bond donors (Lipinski definition) is 2. The zero-order valence-corrected chi connectivity index (χ0v) is 11.9. The smallest absolute Gasteiger partial charge is 0.0558 e. The van der Waals surface area contributed by atoms with Crippen molar-refractivity contribution in [3.05, 3.63) is 59.7 Å². The molecule has 0 saturated carbocycles. The van der Waals surface area contributed by atoms with Gasteiger partial charge in [-0.25, -0.2) is 0 Å². The van der Waals surface area contributed by atoms with Crippen molar-refractivity contribution in [2.75, 3.05) is 20.2 Å². The Labute approximate surface area is 120 Å². The molecule has 0 aromatic heterocycles. The maximum absolute atomic E-state index is 8.91. The van der Waals surface area contributed by atoms with E-state index in [1.54, 1.807) is 0 Å². The van der Waals surface area contributed by atoms with Crippen LogP contribution in [0.4, 0.5) is 0 Å². The topological polar surface area (TPSA) is 49.5 Å². The molecule has 2 rings (SSSR count). The predicted molar refractivity (Wildman–Crippen MR) is 83.2 cm³/mol. The lowest BCUT2D eigenvalue weighted by atomic mass is 9.99. The van der Waals surface area contributed by atoms with E-state index in [9.17, 15) is 0 Å². The number of rotatable bonds is 6. The van der Waals surface area contributed by atoms with Crippen molar-refractivity contribution in [1.29, 1.82) is 0 Å². The molecule has 0 heterocycles. The highest BCUT2D eigenvalue weighted by Gasteiger charge is 2.04. The molecule has 0 radical (unpaired) electrons. The monoisotopic (exact) mass is 270 g/mol. The Morgan fingerprint density at radius 1 is 1.05 bits per heavy atom. The summed E-state index contributed by atoms with van der Waals surface area (Å²) < 4.78 is 0. The first-order valence-corrected chi connectivity index (χ1v) is 6.91. The van der Waals surface area contributed by atoms with E-state index < -0.39 is 0 Å². The molecule has 2 aromatic carbocycles. The molecule has 0 fully saturated rings. The highest BCUT2D eigenvalue weighted by molar-refractivity contribution is 5.67. The number of nitrogens with zero attached hydrogens (tertiary/aromatic N) is 1. The van der Waals surface area contributed by atoms with Gasteiger partial charge in [-0.1, -0.05) is 48.5 Å². The van der Waals surface area contributed by atoms with Crippen LogP contribution in [-0.2, 0) is 13.1 Å². The van der Waals surface area contributed by atoms with Crippen molar-refractivity contribution >= 4 is 0 Å². The molecule has 0 atom stereocenters. The second-order valence-electron chi connectivity index (χ2n) is 5.02. The minimum Gasteiger partial charge on any atom is -0.395 e. The summed E-state index contributed by atoms with van der Waals surface area (Å²) in [7, 11) is 2.01. The highest BCUT2D eigenvalue weighted by Crippen LogP contribution is 2.23. The number of likely N-dealkylation sites (N-methyl/N-ethyl adjacent to an activating group) is 1. The van der Waals surface area contributed by atoms with Gasteiger partial charge in [0.15, 0.2) is 0 Å². The molecule has 0 unspecified atom stereocenters. The fourth-order valence-electron chi connectivity index (χ4n) is 2.33. The maximum Gasteiger partial charge on any atom is 0.0558 e. The molecule has 106 valence electrons. The lowest BCUT2D eigenvalue weighted by Crippen LogP contribution is -2.21. The number of nitrogens with two attached hydrogens (primary N) is 1. The number of aliphatic hydroxyl groups excluding tert-OH is 1. The van der Waals surface area contributed by atoms with Gasteiger partial charge in [0.05, 0.1) is 6.61 Å². The van der Waals surface area contributed by atoms with Gasteiger partial charge in [0.2, 0.25) is 0 Å². The normalized spacial score (nSPS) is 11.0. The van der Waals surface area contributed by atoms with Crippen LogP contribution in [-0.4, -0.2) is 30.2 Å². The summed E-state index contributed by atoms with van der Waals surface area (Å²) in [4.78, 5) is 2.10. The van der Waals surface area contributed by atoms with Crippen LogP contribution in [0, 0.1) is 0 Å². The molecule has 3 N–H and O–H groups in total. The van der Waals surface area contributed by atoms with E-state index >= 15 is 0 Å². The van der Waals surface area contributed by atoms with Crippen molar-refractivity contribution in [2.24, 2.45) is 5.73 Å².